The van der Waals surface area contributed by atoms with Crippen LogP contribution in [-0.4, -0.2) is 35.2 Å². The van der Waals surface area contributed by atoms with Gasteiger partial charge in [-0.2, -0.15) is 9.83 Å². The lowest BCUT2D eigenvalue weighted by Gasteiger charge is -2.45. The second-order valence-corrected chi connectivity index (χ2v) is 7.91. The van der Waals surface area contributed by atoms with Gasteiger partial charge in [0.25, 0.3) is 5.56 Å². The molecular weight excluding hydrogens is 362 g/mol. The van der Waals surface area contributed by atoms with Crippen molar-refractivity contribution in [3.05, 3.63) is 64.4 Å². The number of rotatable bonds is 3. The lowest BCUT2D eigenvalue weighted by molar-refractivity contribution is 0.414. The van der Waals surface area contributed by atoms with Crippen LogP contribution in [0.1, 0.15) is 19.4 Å². The number of hydrogen-bond donors (Lipinski definition) is 0. The maximum Gasteiger partial charge on any atom is 0.276 e. The molecule has 1 fully saturated rings. The predicted molar refractivity (Wildman–Crippen MR) is 116 cm³/mol. The average molecular weight is 387 g/mol. The fourth-order valence-corrected chi connectivity index (χ4v) is 4.17. The van der Waals surface area contributed by atoms with Gasteiger partial charge >= 0.3 is 0 Å². The minimum absolute atomic E-state index is 0.250. The highest BCUT2D eigenvalue weighted by atomic mass is 16.1. The molecule has 0 aliphatic carbocycles. The Hall–Kier alpha value is -3.33. The van der Waals surface area contributed by atoms with Gasteiger partial charge in [-0.25, -0.2) is 4.98 Å². The normalized spacial score (nSPS) is 17.0. The maximum absolute atomic E-state index is 12.8. The molecule has 0 bridgehead atoms. The minimum Gasteiger partial charge on any atom is -0.365 e. The van der Waals surface area contributed by atoms with Crippen molar-refractivity contribution in [1.82, 2.24) is 9.55 Å². The van der Waals surface area contributed by atoms with E-state index in [0.29, 0.717) is 35.9 Å². The number of para-hydroxylation sites is 2. The van der Waals surface area contributed by atoms with E-state index in [1.54, 1.807) is 12.1 Å². The summed E-state index contributed by atoms with van der Waals surface area (Å²) in [5.74, 6) is 0.839. The second kappa shape index (κ2) is 7.59. The molecule has 1 saturated heterocycles. The number of nitriles is 1. The standard InChI is InChI=1S/C23H25N5O/c1-16(2)21-14-26(12-13-27(21)20-11-7-4-8-17(20)3)23-25-19-10-6-5-9-18(19)22(29)28(23)15-24/h4-11,16,21H,12-14H2,1-3H3. The molecular formula is C23H25N5O. The molecule has 1 atom stereocenters. The zero-order chi connectivity index (χ0) is 20.5. The lowest BCUT2D eigenvalue weighted by atomic mass is 9.98. The van der Waals surface area contributed by atoms with Crippen LogP contribution in [-0.2, 0) is 0 Å². The molecule has 29 heavy (non-hydrogen) atoms. The van der Waals surface area contributed by atoms with Crippen LogP contribution in [0.15, 0.2) is 53.3 Å². The monoisotopic (exact) mass is 387 g/mol. The van der Waals surface area contributed by atoms with Gasteiger partial charge in [0.2, 0.25) is 5.95 Å². The molecule has 3 aromatic rings. The van der Waals surface area contributed by atoms with Gasteiger partial charge in [0.1, 0.15) is 0 Å². The molecule has 1 aromatic heterocycles. The summed E-state index contributed by atoms with van der Waals surface area (Å²) in [5.41, 5.74) is 2.82. The Morgan fingerprint density at radius 2 is 1.83 bits per heavy atom. The highest BCUT2D eigenvalue weighted by Crippen LogP contribution is 2.29. The van der Waals surface area contributed by atoms with Crippen LogP contribution in [0, 0.1) is 24.3 Å². The molecule has 2 heterocycles. The Morgan fingerprint density at radius 1 is 1.10 bits per heavy atom. The number of nitrogens with zero attached hydrogens (tertiary/aromatic N) is 5. The minimum atomic E-state index is -0.310. The topological polar surface area (TPSA) is 65.2 Å². The Kier molecular flexibility index (Phi) is 4.98. The van der Waals surface area contributed by atoms with E-state index in [1.807, 2.05) is 18.3 Å². The van der Waals surface area contributed by atoms with E-state index in [2.05, 4.69) is 59.8 Å². The van der Waals surface area contributed by atoms with Gasteiger partial charge in [-0.05, 0) is 36.6 Å². The van der Waals surface area contributed by atoms with Crippen LogP contribution >= 0.6 is 0 Å². The van der Waals surface area contributed by atoms with E-state index in [0.717, 1.165) is 11.1 Å². The van der Waals surface area contributed by atoms with Crippen LogP contribution < -0.4 is 15.4 Å². The van der Waals surface area contributed by atoms with Crippen LogP contribution in [0.5, 0.6) is 0 Å². The van der Waals surface area contributed by atoms with Crippen molar-refractivity contribution in [2.75, 3.05) is 29.4 Å². The third-order valence-corrected chi connectivity index (χ3v) is 5.75. The zero-order valence-corrected chi connectivity index (χ0v) is 17.0. The average Bonchev–Trinajstić information content (AvgIpc) is 2.73. The molecule has 1 aliphatic heterocycles. The maximum atomic E-state index is 12.8. The van der Waals surface area contributed by atoms with E-state index in [4.69, 9.17) is 0 Å². The summed E-state index contributed by atoms with van der Waals surface area (Å²) in [4.78, 5) is 22.1. The van der Waals surface area contributed by atoms with E-state index in [9.17, 15) is 10.1 Å². The fourth-order valence-electron chi connectivity index (χ4n) is 4.17. The number of anilines is 2. The number of aromatic nitrogens is 2. The Morgan fingerprint density at radius 3 is 2.55 bits per heavy atom. The first-order valence-corrected chi connectivity index (χ1v) is 10.0. The van der Waals surface area contributed by atoms with Gasteiger partial charge < -0.3 is 9.80 Å². The van der Waals surface area contributed by atoms with Crippen molar-refractivity contribution in [3.63, 3.8) is 0 Å². The number of fused-ring (bicyclic) bond motifs is 1. The Bertz CT molecular complexity index is 1140. The molecule has 0 saturated carbocycles. The van der Waals surface area contributed by atoms with Crippen molar-refractivity contribution >= 4 is 22.5 Å². The fraction of sp³-hybridized carbons (Fsp3) is 0.348. The highest BCUT2D eigenvalue weighted by Gasteiger charge is 2.32. The second-order valence-electron chi connectivity index (χ2n) is 7.91. The van der Waals surface area contributed by atoms with E-state index < -0.39 is 0 Å². The largest absolute Gasteiger partial charge is 0.365 e. The first-order chi connectivity index (χ1) is 14.0. The predicted octanol–water partition coefficient (Wildman–Crippen LogP) is 3.39. The molecule has 6 heteroatoms. The third-order valence-electron chi connectivity index (χ3n) is 5.75. The number of aryl methyl sites for hydroxylation is 1. The first-order valence-electron chi connectivity index (χ1n) is 10.0. The summed E-state index contributed by atoms with van der Waals surface area (Å²) < 4.78 is 1.13. The van der Waals surface area contributed by atoms with E-state index in [-0.39, 0.29) is 11.6 Å². The summed E-state index contributed by atoms with van der Waals surface area (Å²) in [6, 6.07) is 15.9. The van der Waals surface area contributed by atoms with Crippen LogP contribution in [0.25, 0.3) is 10.9 Å². The highest BCUT2D eigenvalue weighted by molar-refractivity contribution is 5.79. The van der Waals surface area contributed by atoms with Crippen LogP contribution in [0.4, 0.5) is 11.6 Å². The van der Waals surface area contributed by atoms with Gasteiger partial charge in [0, 0.05) is 31.4 Å². The Balaban J connectivity index is 1.74. The molecule has 4 rings (SSSR count). The van der Waals surface area contributed by atoms with Gasteiger partial charge in [0.15, 0.2) is 6.19 Å². The number of hydrogen-bond acceptors (Lipinski definition) is 5. The molecule has 2 aromatic carbocycles. The third kappa shape index (κ3) is 3.33. The Labute approximate surface area is 170 Å². The molecule has 0 spiro atoms. The van der Waals surface area contributed by atoms with E-state index in [1.165, 1.54) is 11.3 Å². The van der Waals surface area contributed by atoms with Gasteiger partial charge in [-0.15, -0.1) is 0 Å². The summed E-state index contributed by atoms with van der Waals surface area (Å²) >= 11 is 0. The van der Waals surface area contributed by atoms with Crippen LogP contribution in [0.2, 0.25) is 0 Å². The zero-order valence-electron chi connectivity index (χ0n) is 17.0. The number of piperazine rings is 1. The van der Waals surface area contributed by atoms with Crippen molar-refractivity contribution in [2.24, 2.45) is 5.92 Å². The summed E-state index contributed by atoms with van der Waals surface area (Å²) in [6.07, 6.45) is 2.04. The van der Waals surface area contributed by atoms with Crippen molar-refractivity contribution < 1.29 is 0 Å². The molecule has 6 nitrogen and oxygen atoms in total. The summed E-state index contributed by atoms with van der Waals surface area (Å²) in [6.45, 7) is 8.77. The summed E-state index contributed by atoms with van der Waals surface area (Å²) in [5, 5.41) is 10.1. The number of benzene rings is 2. The van der Waals surface area contributed by atoms with E-state index >= 15 is 0 Å². The smallest absolute Gasteiger partial charge is 0.276 e. The quantitative estimate of drug-likeness (QED) is 0.689. The van der Waals surface area contributed by atoms with Crippen molar-refractivity contribution in [1.29, 1.82) is 5.26 Å². The van der Waals surface area contributed by atoms with Crippen molar-refractivity contribution in [2.45, 2.75) is 26.8 Å². The first kappa shape index (κ1) is 19.0. The molecule has 1 aliphatic rings. The van der Waals surface area contributed by atoms with Crippen molar-refractivity contribution in [3.8, 4) is 6.19 Å². The lowest BCUT2D eigenvalue weighted by Crippen LogP contribution is -2.56. The molecule has 0 amide bonds. The van der Waals surface area contributed by atoms with Crippen LogP contribution in [0.3, 0.4) is 0 Å². The molecule has 0 N–H and O–H groups in total. The molecule has 148 valence electrons. The summed E-state index contributed by atoms with van der Waals surface area (Å²) in [7, 11) is 0. The van der Waals surface area contributed by atoms with Gasteiger partial charge in [-0.3, -0.25) is 4.79 Å². The SMILES string of the molecule is Cc1ccccc1N1CCN(c2nc3ccccc3c(=O)n2C#N)CC1C(C)C. The van der Waals surface area contributed by atoms with Gasteiger partial charge in [0.05, 0.1) is 10.9 Å². The molecule has 1 unspecified atom stereocenters. The van der Waals surface area contributed by atoms with Gasteiger partial charge in [-0.1, -0.05) is 44.2 Å². The molecule has 0 radical (unpaired) electrons.